The van der Waals surface area contributed by atoms with Crippen LogP contribution in [0.1, 0.15) is 38.5 Å². The van der Waals surface area contributed by atoms with Gasteiger partial charge in [-0.2, -0.15) is 0 Å². The second-order valence-corrected chi connectivity index (χ2v) is 5.26. The van der Waals surface area contributed by atoms with Crippen LogP contribution in [0.15, 0.2) is 35.3 Å². The van der Waals surface area contributed by atoms with E-state index in [1.807, 2.05) is 30.3 Å². The van der Waals surface area contributed by atoms with Crippen LogP contribution in [-0.4, -0.2) is 25.2 Å². The largest absolute Gasteiger partial charge is 0.494 e. The van der Waals surface area contributed by atoms with Crippen LogP contribution in [0.4, 0.5) is 0 Å². The highest BCUT2D eigenvalue weighted by atomic mass is 16.5. The Kier molecular flexibility index (Phi) is 6.21. The minimum atomic E-state index is 0.521. The first-order valence-corrected chi connectivity index (χ1v) is 7.59. The van der Waals surface area contributed by atoms with Crippen molar-refractivity contribution < 1.29 is 4.74 Å². The molecule has 0 bridgehead atoms. The lowest BCUT2D eigenvalue weighted by Crippen LogP contribution is -2.41. The third-order valence-electron chi connectivity index (χ3n) is 3.55. The Hall–Kier alpha value is -1.71. The number of rotatable bonds is 6. The highest BCUT2D eigenvalue weighted by molar-refractivity contribution is 5.78. The zero-order chi connectivity index (χ0) is 14.0. The molecule has 1 aliphatic carbocycles. The first-order valence-electron chi connectivity index (χ1n) is 7.59. The van der Waals surface area contributed by atoms with Crippen molar-refractivity contribution in [2.24, 2.45) is 10.7 Å². The number of nitrogens with zero attached hydrogens (tertiary/aromatic N) is 1. The van der Waals surface area contributed by atoms with Gasteiger partial charge in [-0.3, -0.25) is 4.99 Å². The summed E-state index contributed by atoms with van der Waals surface area (Å²) in [4.78, 5) is 4.35. The van der Waals surface area contributed by atoms with Gasteiger partial charge in [-0.15, -0.1) is 0 Å². The Morgan fingerprint density at radius 1 is 1.20 bits per heavy atom. The molecule has 3 N–H and O–H groups in total. The fourth-order valence-corrected chi connectivity index (χ4v) is 2.47. The van der Waals surface area contributed by atoms with E-state index in [2.05, 4.69) is 10.3 Å². The summed E-state index contributed by atoms with van der Waals surface area (Å²) in [6.45, 7) is 1.38. The van der Waals surface area contributed by atoms with Crippen molar-refractivity contribution in [3.05, 3.63) is 30.3 Å². The van der Waals surface area contributed by atoms with Crippen molar-refractivity contribution in [1.29, 1.82) is 0 Å². The third kappa shape index (κ3) is 5.51. The molecule has 0 atom stereocenters. The first kappa shape index (κ1) is 14.7. The van der Waals surface area contributed by atoms with E-state index in [9.17, 15) is 0 Å². The van der Waals surface area contributed by atoms with Gasteiger partial charge in [0.2, 0.25) is 0 Å². The standard InChI is InChI=1S/C16H25N3O/c17-16(19-14-8-3-1-4-9-14)18-12-7-13-20-15-10-5-2-6-11-15/h2,5-6,10-11,14H,1,3-4,7-9,12-13H2,(H3,17,18,19). The molecule has 0 spiro atoms. The molecule has 4 heteroatoms. The molecule has 0 amide bonds. The topological polar surface area (TPSA) is 59.6 Å². The van der Waals surface area contributed by atoms with Crippen molar-refractivity contribution in [3.63, 3.8) is 0 Å². The van der Waals surface area contributed by atoms with Crippen LogP contribution in [0.5, 0.6) is 5.75 Å². The number of nitrogens with one attached hydrogen (secondary N) is 1. The minimum absolute atomic E-state index is 0.521. The second-order valence-electron chi connectivity index (χ2n) is 5.26. The van der Waals surface area contributed by atoms with Gasteiger partial charge >= 0.3 is 0 Å². The Morgan fingerprint density at radius 3 is 2.70 bits per heavy atom. The van der Waals surface area contributed by atoms with Crippen molar-refractivity contribution in [2.75, 3.05) is 13.2 Å². The van der Waals surface area contributed by atoms with E-state index >= 15 is 0 Å². The fraction of sp³-hybridized carbons (Fsp3) is 0.562. The summed E-state index contributed by atoms with van der Waals surface area (Å²) >= 11 is 0. The summed E-state index contributed by atoms with van der Waals surface area (Å²) < 4.78 is 5.61. The SMILES string of the molecule is NC(=NCCCOc1ccccc1)NC1CCCCC1. The predicted octanol–water partition coefficient (Wildman–Crippen LogP) is 2.69. The van der Waals surface area contributed by atoms with E-state index in [4.69, 9.17) is 10.5 Å². The maximum absolute atomic E-state index is 5.90. The lowest BCUT2D eigenvalue weighted by atomic mass is 9.96. The summed E-state index contributed by atoms with van der Waals surface area (Å²) in [7, 11) is 0. The molecule has 1 aromatic rings. The molecule has 0 saturated heterocycles. The maximum Gasteiger partial charge on any atom is 0.188 e. The average molecular weight is 275 g/mol. The minimum Gasteiger partial charge on any atom is -0.494 e. The third-order valence-corrected chi connectivity index (χ3v) is 3.55. The summed E-state index contributed by atoms with van der Waals surface area (Å²) in [5.74, 6) is 1.49. The molecule has 20 heavy (non-hydrogen) atoms. The molecular formula is C16H25N3O. The smallest absolute Gasteiger partial charge is 0.188 e. The second kappa shape index (κ2) is 8.46. The van der Waals surface area contributed by atoms with E-state index in [0.717, 1.165) is 12.2 Å². The summed E-state index contributed by atoms with van der Waals surface area (Å²) in [6, 6.07) is 10.4. The average Bonchev–Trinajstić information content (AvgIpc) is 2.49. The van der Waals surface area contributed by atoms with Crippen LogP contribution in [0, 0.1) is 0 Å². The van der Waals surface area contributed by atoms with E-state index < -0.39 is 0 Å². The van der Waals surface area contributed by atoms with E-state index in [-0.39, 0.29) is 0 Å². The Bertz CT molecular complexity index is 399. The summed E-state index contributed by atoms with van der Waals surface area (Å²) in [6.07, 6.45) is 7.26. The van der Waals surface area contributed by atoms with Crippen molar-refractivity contribution in [1.82, 2.24) is 5.32 Å². The summed E-state index contributed by atoms with van der Waals surface area (Å²) in [5, 5.41) is 3.31. The normalized spacial score (nSPS) is 16.9. The van der Waals surface area contributed by atoms with Crippen LogP contribution in [0.3, 0.4) is 0 Å². The van der Waals surface area contributed by atoms with Gasteiger partial charge in [-0.05, 0) is 25.0 Å². The van der Waals surface area contributed by atoms with Gasteiger partial charge < -0.3 is 15.8 Å². The number of benzene rings is 1. The summed E-state index contributed by atoms with van der Waals surface area (Å²) in [5.41, 5.74) is 5.90. The van der Waals surface area contributed by atoms with Crippen LogP contribution in [0.25, 0.3) is 0 Å². The van der Waals surface area contributed by atoms with Gasteiger partial charge in [-0.1, -0.05) is 37.5 Å². The fourth-order valence-electron chi connectivity index (χ4n) is 2.47. The van der Waals surface area contributed by atoms with Crippen molar-refractivity contribution >= 4 is 5.96 Å². The molecule has 0 unspecified atom stereocenters. The number of guanidine groups is 1. The van der Waals surface area contributed by atoms with Crippen molar-refractivity contribution in [3.8, 4) is 5.75 Å². The van der Waals surface area contributed by atoms with Gasteiger partial charge in [0.25, 0.3) is 0 Å². The van der Waals surface area contributed by atoms with Crippen LogP contribution in [0.2, 0.25) is 0 Å². The molecule has 4 nitrogen and oxygen atoms in total. The molecule has 0 aromatic heterocycles. The zero-order valence-corrected chi connectivity index (χ0v) is 12.1. The Morgan fingerprint density at radius 2 is 1.95 bits per heavy atom. The molecule has 0 aliphatic heterocycles. The maximum atomic E-state index is 5.90. The Labute approximate surface area is 121 Å². The highest BCUT2D eigenvalue weighted by Crippen LogP contribution is 2.17. The van der Waals surface area contributed by atoms with Crippen LogP contribution in [-0.2, 0) is 0 Å². The van der Waals surface area contributed by atoms with Crippen LogP contribution >= 0.6 is 0 Å². The van der Waals surface area contributed by atoms with Gasteiger partial charge in [0.05, 0.1) is 6.61 Å². The molecular weight excluding hydrogens is 250 g/mol. The number of hydrogen-bond acceptors (Lipinski definition) is 2. The molecule has 1 aliphatic rings. The number of hydrogen-bond donors (Lipinski definition) is 2. The highest BCUT2D eigenvalue weighted by Gasteiger charge is 2.12. The quantitative estimate of drug-likeness (QED) is 0.477. The first-order chi connectivity index (χ1) is 9.84. The number of aliphatic imine (C=N–C) groups is 1. The molecule has 2 rings (SSSR count). The lowest BCUT2D eigenvalue weighted by Gasteiger charge is -2.23. The van der Waals surface area contributed by atoms with Gasteiger partial charge in [0.1, 0.15) is 5.75 Å². The Balaban J connectivity index is 1.58. The number of ether oxygens (including phenoxy) is 1. The molecule has 0 heterocycles. The van der Waals surface area contributed by atoms with E-state index in [1.165, 1.54) is 32.1 Å². The monoisotopic (exact) mass is 275 g/mol. The van der Waals surface area contributed by atoms with Gasteiger partial charge in [0.15, 0.2) is 5.96 Å². The molecule has 110 valence electrons. The molecule has 0 radical (unpaired) electrons. The molecule has 1 aromatic carbocycles. The lowest BCUT2D eigenvalue weighted by molar-refractivity contribution is 0.313. The van der Waals surface area contributed by atoms with Crippen molar-refractivity contribution in [2.45, 2.75) is 44.6 Å². The van der Waals surface area contributed by atoms with Gasteiger partial charge in [-0.25, -0.2) is 0 Å². The molecule has 1 saturated carbocycles. The zero-order valence-electron chi connectivity index (χ0n) is 12.1. The van der Waals surface area contributed by atoms with E-state index in [1.54, 1.807) is 0 Å². The molecule has 1 fully saturated rings. The predicted molar refractivity (Wildman–Crippen MR) is 83.1 cm³/mol. The van der Waals surface area contributed by atoms with E-state index in [0.29, 0.717) is 25.2 Å². The van der Waals surface area contributed by atoms with Crippen LogP contribution < -0.4 is 15.8 Å². The van der Waals surface area contributed by atoms with Gasteiger partial charge in [0, 0.05) is 19.0 Å². The number of para-hydroxylation sites is 1. The number of nitrogens with two attached hydrogens (primary N) is 1.